The Bertz CT molecular complexity index is 240. The Hall–Kier alpha value is -0.160. The van der Waals surface area contributed by atoms with Crippen molar-refractivity contribution < 1.29 is 0 Å². The van der Waals surface area contributed by atoms with Crippen LogP contribution in [-0.4, -0.2) is 54.7 Å². The summed E-state index contributed by atoms with van der Waals surface area (Å²) in [5.41, 5.74) is 10.0. The van der Waals surface area contributed by atoms with Crippen LogP contribution in [0, 0.1) is 0 Å². The van der Waals surface area contributed by atoms with Crippen LogP contribution in [0.3, 0.4) is 0 Å². The fourth-order valence-corrected chi connectivity index (χ4v) is 3.27. The lowest BCUT2D eigenvalue weighted by Gasteiger charge is -2.40. The Balaban J connectivity index is 1.91. The number of hydrazine groups is 1. The third kappa shape index (κ3) is 3.67. The van der Waals surface area contributed by atoms with Gasteiger partial charge in [-0.15, -0.1) is 0 Å². The van der Waals surface area contributed by atoms with E-state index < -0.39 is 0 Å². The van der Waals surface area contributed by atoms with Gasteiger partial charge in [-0.1, -0.05) is 13.3 Å². The third-order valence-corrected chi connectivity index (χ3v) is 4.63. The maximum Gasteiger partial charge on any atom is 0.0460 e. The molecule has 0 saturated carbocycles. The molecule has 106 valence electrons. The van der Waals surface area contributed by atoms with Crippen LogP contribution < -0.4 is 11.2 Å². The fraction of sp³-hybridized carbons (Fsp3) is 1.00. The molecule has 0 aromatic rings. The van der Waals surface area contributed by atoms with Gasteiger partial charge < -0.3 is 10.6 Å². The predicted molar refractivity (Wildman–Crippen MR) is 76.3 cm³/mol. The molecule has 2 saturated heterocycles. The van der Waals surface area contributed by atoms with Gasteiger partial charge in [0.2, 0.25) is 0 Å². The summed E-state index contributed by atoms with van der Waals surface area (Å²) in [6, 6.07) is 0. The molecule has 18 heavy (non-hydrogen) atoms. The van der Waals surface area contributed by atoms with Crippen molar-refractivity contribution in [3.05, 3.63) is 0 Å². The molecule has 2 heterocycles. The van der Waals surface area contributed by atoms with E-state index in [1.54, 1.807) is 0 Å². The van der Waals surface area contributed by atoms with Crippen LogP contribution in [-0.2, 0) is 0 Å². The van der Waals surface area contributed by atoms with Gasteiger partial charge in [-0.05, 0) is 51.7 Å². The summed E-state index contributed by atoms with van der Waals surface area (Å²) in [5, 5.41) is 2.43. The first-order valence-electron chi connectivity index (χ1n) is 7.73. The molecular weight excluding hydrogens is 224 g/mol. The van der Waals surface area contributed by atoms with Crippen LogP contribution in [0.2, 0.25) is 0 Å². The maximum absolute atomic E-state index is 6.10. The molecule has 0 aliphatic carbocycles. The minimum absolute atomic E-state index is 0.154. The second-order valence-electron chi connectivity index (χ2n) is 5.93. The third-order valence-electron chi connectivity index (χ3n) is 4.63. The monoisotopic (exact) mass is 254 g/mol. The van der Waals surface area contributed by atoms with Crippen LogP contribution >= 0.6 is 0 Å². The van der Waals surface area contributed by atoms with Crippen LogP contribution in [0.15, 0.2) is 0 Å². The summed E-state index contributed by atoms with van der Waals surface area (Å²) in [4.78, 5) is 2.55. The largest absolute Gasteiger partial charge is 0.329 e. The van der Waals surface area contributed by atoms with Crippen LogP contribution in [0.25, 0.3) is 0 Å². The van der Waals surface area contributed by atoms with Gasteiger partial charge in [0.05, 0.1) is 0 Å². The van der Waals surface area contributed by atoms with Gasteiger partial charge in [-0.25, -0.2) is 10.4 Å². The lowest BCUT2D eigenvalue weighted by Crippen LogP contribution is -2.59. The first-order chi connectivity index (χ1) is 8.78. The van der Waals surface area contributed by atoms with Crippen molar-refractivity contribution in [2.24, 2.45) is 5.73 Å². The van der Waals surface area contributed by atoms with Gasteiger partial charge in [-0.3, -0.25) is 0 Å². The topological polar surface area (TPSA) is 44.5 Å². The van der Waals surface area contributed by atoms with E-state index in [4.69, 9.17) is 5.73 Å². The Kier molecular flexibility index (Phi) is 5.42. The highest BCUT2D eigenvalue weighted by Gasteiger charge is 2.32. The van der Waals surface area contributed by atoms with Crippen molar-refractivity contribution in [1.29, 1.82) is 0 Å². The van der Waals surface area contributed by atoms with Gasteiger partial charge in [0.1, 0.15) is 0 Å². The number of nitrogens with two attached hydrogens (primary N) is 1. The first kappa shape index (κ1) is 14.3. The van der Waals surface area contributed by atoms with Gasteiger partial charge in [0.15, 0.2) is 0 Å². The highest BCUT2D eigenvalue weighted by Crippen LogP contribution is 2.23. The summed E-state index contributed by atoms with van der Waals surface area (Å²) >= 11 is 0. The van der Waals surface area contributed by atoms with E-state index in [0.717, 1.165) is 6.54 Å². The molecule has 2 fully saturated rings. The SMILES string of the molecule is CCN1CCCC(CN)(NN2CCCCC2)CC1. The molecule has 0 spiro atoms. The van der Waals surface area contributed by atoms with E-state index in [2.05, 4.69) is 22.3 Å². The molecule has 4 heteroatoms. The van der Waals surface area contributed by atoms with Crippen molar-refractivity contribution in [1.82, 2.24) is 15.3 Å². The van der Waals surface area contributed by atoms with E-state index in [1.165, 1.54) is 71.2 Å². The van der Waals surface area contributed by atoms with Gasteiger partial charge in [0.25, 0.3) is 0 Å². The van der Waals surface area contributed by atoms with Crippen molar-refractivity contribution in [2.45, 2.75) is 51.0 Å². The molecule has 0 aromatic heterocycles. The zero-order chi connectivity index (χ0) is 12.8. The first-order valence-corrected chi connectivity index (χ1v) is 7.73. The Morgan fingerprint density at radius 1 is 1.00 bits per heavy atom. The smallest absolute Gasteiger partial charge is 0.0460 e. The zero-order valence-electron chi connectivity index (χ0n) is 12.0. The highest BCUT2D eigenvalue weighted by atomic mass is 15.5. The van der Waals surface area contributed by atoms with Crippen LogP contribution in [0.1, 0.15) is 45.4 Å². The molecule has 1 unspecified atom stereocenters. The number of piperidine rings is 1. The number of nitrogens with zero attached hydrogens (tertiary/aromatic N) is 2. The fourth-order valence-electron chi connectivity index (χ4n) is 3.27. The molecule has 2 rings (SSSR count). The van der Waals surface area contributed by atoms with E-state index in [-0.39, 0.29) is 5.54 Å². The number of likely N-dealkylation sites (tertiary alicyclic amines) is 1. The lowest BCUT2D eigenvalue weighted by atomic mass is 9.91. The average molecular weight is 254 g/mol. The lowest BCUT2D eigenvalue weighted by molar-refractivity contribution is 0.0742. The normalized spacial score (nSPS) is 32.3. The maximum atomic E-state index is 6.10. The molecule has 0 bridgehead atoms. The second-order valence-corrected chi connectivity index (χ2v) is 5.93. The number of hydrogen-bond acceptors (Lipinski definition) is 4. The van der Waals surface area contributed by atoms with Crippen molar-refractivity contribution in [3.63, 3.8) is 0 Å². The molecule has 2 aliphatic heterocycles. The highest BCUT2D eigenvalue weighted by molar-refractivity contribution is 4.91. The molecule has 3 N–H and O–H groups in total. The Labute approximate surface area is 112 Å². The van der Waals surface area contributed by atoms with E-state index >= 15 is 0 Å². The van der Waals surface area contributed by atoms with Crippen molar-refractivity contribution >= 4 is 0 Å². The Morgan fingerprint density at radius 2 is 1.78 bits per heavy atom. The summed E-state index contributed by atoms with van der Waals surface area (Å²) < 4.78 is 0. The minimum atomic E-state index is 0.154. The van der Waals surface area contributed by atoms with Crippen LogP contribution in [0.4, 0.5) is 0 Å². The number of nitrogens with one attached hydrogen (secondary N) is 1. The number of hydrogen-bond donors (Lipinski definition) is 2. The predicted octanol–water partition coefficient (Wildman–Crippen LogP) is 1.18. The second kappa shape index (κ2) is 6.85. The van der Waals surface area contributed by atoms with Crippen LogP contribution in [0.5, 0.6) is 0 Å². The summed E-state index contributed by atoms with van der Waals surface area (Å²) in [7, 11) is 0. The molecule has 4 nitrogen and oxygen atoms in total. The standard InChI is InChI=1S/C14H30N4/c1-2-17-9-6-7-14(13-15,8-12-17)16-18-10-4-3-5-11-18/h16H,2-13,15H2,1H3. The van der Waals surface area contributed by atoms with E-state index in [1.807, 2.05) is 0 Å². The molecule has 0 aromatic carbocycles. The Morgan fingerprint density at radius 3 is 2.44 bits per heavy atom. The van der Waals surface area contributed by atoms with Crippen molar-refractivity contribution in [2.75, 3.05) is 39.3 Å². The summed E-state index contributed by atoms with van der Waals surface area (Å²) in [5.74, 6) is 0. The van der Waals surface area contributed by atoms with Gasteiger partial charge >= 0.3 is 0 Å². The summed E-state index contributed by atoms with van der Waals surface area (Å²) in [6.45, 7) is 9.01. The average Bonchev–Trinajstić information content (AvgIpc) is 2.63. The summed E-state index contributed by atoms with van der Waals surface area (Å²) in [6.07, 6.45) is 7.72. The minimum Gasteiger partial charge on any atom is -0.329 e. The molecular formula is C14H30N4. The van der Waals surface area contributed by atoms with Gasteiger partial charge in [0, 0.05) is 25.2 Å². The van der Waals surface area contributed by atoms with E-state index in [0.29, 0.717) is 0 Å². The van der Waals surface area contributed by atoms with E-state index in [9.17, 15) is 0 Å². The molecule has 2 aliphatic rings. The zero-order valence-corrected chi connectivity index (χ0v) is 12.0. The number of rotatable bonds is 4. The van der Waals surface area contributed by atoms with Gasteiger partial charge in [-0.2, -0.15) is 0 Å². The quantitative estimate of drug-likeness (QED) is 0.791. The molecule has 0 amide bonds. The molecule has 0 radical (unpaired) electrons. The van der Waals surface area contributed by atoms with Crippen molar-refractivity contribution in [3.8, 4) is 0 Å². The molecule has 1 atom stereocenters.